The zero-order valence-electron chi connectivity index (χ0n) is 26.7. The van der Waals surface area contributed by atoms with Crippen molar-refractivity contribution in [2.75, 3.05) is 44.5 Å². The summed E-state index contributed by atoms with van der Waals surface area (Å²) in [5, 5.41) is 0.891. The van der Waals surface area contributed by atoms with E-state index in [0.717, 1.165) is 48.8 Å². The number of methoxy groups -OCH3 is 2. The molecule has 2 fully saturated rings. The number of carbonyl (C=O) groups is 1. The molecule has 13 heteroatoms. The molecule has 0 radical (unpaired) electrons. The molecule has 3 aromatic heterocycles. The van der Waals surface area contributed by atoms with Crippen molar-refractivity contribution in [3.63, 3.8) is 0 Å². The number of anilines is 1. The van der Waals surface area contributed by atoms with Crippen molar-refractivity contribution in [3.05, 3.63) is 35.9 Å². The van der Waals surface area contributed by atoms with Crippen molar-refractivity contribution < 1.29 is 22.7 Å². The third-order valence-corrected chi connectivity index (χ3v) is 10.4. The van der Waals surface area contributed by atoms with Gasteiger partial charge in [0.15, 0.2) is 5.82 Å². The highest BCUT2D eigenvalue weighted by Gasteiger charge is 2.32. The molecule has 1 saturated heterocycles. The van der Waals surface area contributed by atoms with Crippen LogP contribution in [0.1, 0.15) is 49.9 Å². The van der Waals surface area contributed by atoms with Crippen LogP contribution in [-0.4, -0.2) is 90.6 Å². The molecule has 4 heterocycles. The van der Waals surface area contributed by atoms with Gasteiger partial charge < -0.3 is 29.2 Å². The number of pyridine rings is 1. The second-order valence-corrected chi connectivity index (χ2v) is 14.2. The van der Waals surface area contributed by atoms with Gasteiger partial charge in [0, 0.05) is 56.3 Å². The summed E-state index contributed by atoms with van der Waals surface area (Å²) < 4.78 is 42.0. The first-order valence-corrected chi connectivity index (χ1v) is 17.5. The van der Waals surface area contributed by atoms with Crippen LogP contribution in [0.5, 0.6) is 5.75 Å². The van der Waals surface area contributed by atoms with E-state index in [1.54, 1.807) is 33.3 Å². The van der Waals surface area contributed by atoms with Crippen LogP contribution < -0.4 is 14.8 Å². The number of hydrogen-bond acceptors (Lipinski definition) is 8. The summed E-state index contributed by atoms with van der Waals surface area (Å²) in [6.45, 7) is 6.43. The minimum atomic E-state index is -3.49. The van der Waals surface area contributed by atoms with E-state index in [-0.39, 0.29) is 24.5 Å². The van der Waals surface area contributed by atoms with Gasteiger partial charge in [-0.1, -0.05) is 0 Å². The van der Waals surface area contributed by atoms with Crippen LogP contribution in [0.3, 0.4) is 0 Å². The van der Waals surface area contributed by atoms with E-state index in [4.69, 9.17) is 25.2 Å². The molecule has 1 aromatic carbocycles. The average Bonchev–Trinajstić information content (AvgIpc) is 3.66. The third-order valence-electron chi connectivity index (χ3n) is 9.14. The SMILES string of the molecule is CCN(c1ccc2cc(-c3nc4cc(C(=O)N5CCC[C@@H](N)[C@H]5C)cc(OC)c4n3CCOC)n(CC3CC3)c2n1)S(C)(=O)=O. The number of rotatable bonds is 11. The molecule has 1 amide bonds. The predicted molar refractivity (Wildman–Crippen MR) is 175 cm³/mol. The van der Waals surface area contributed by atoms with Crippen molar-refractivity contribution in [1.82, 2.24) is 24.0 Å². The monoisotopic (exact) mass is 637 g/mol. The molecule has 1 aliphatic carbocycles. The Balaban J connectivity index is 1.53. The molecule has 45 heavy (non-hydrogen) atoms. The molecule has 1 saturated carbocycles. The lowest BCUT2D eigenvalue weighted by Crippen LogP contribution is -2.52. The number of carbonyl (C=O) groups excluding carboxylic acids is 1. The number of hydrogen-bond donors (Lipinski definition) is 1. The van der Waals surface area contributed by atoms with Crippen LogP contribution in [0.4, 0.5) is 5.82 Å². The lowest BCUT2D eigenvalue weighted by atomic mass is 9.97. The molecule has 12 nitrogen and oxygen atoms in total. The van der Waals surface area contributed by atoms with E-state index in [0.29, 0.717) is 59.7 Å². The van der Waals surface area contributed by atoms with E-state index in [9.17, 15) is 13.2 Å². The molecule has 0 spiro atoms. The fraction of sp³-hybridized carbons (Fsp3) is 0.531. The molecular weight excluding hydrogens is 594 g/mol. The standard InChI is InChI=1S/C32H43N7O5S/c1-6-39(45(5,41)42)28-12-11-22-17-26(38(30(22)35-28)19-21-9-10-21)31-34-25-16-23(32(40)36-13-7-8-24(33)20(36)2)18-27(44-4)29(25)37(31)14-15-43-3/h11-12,16-18,20-21,24H,6-10,13-15,19,33H2,1-5H3/t20-,24-/m1/s1. The summed E-state index contributed by atoms with van der Waals surface area (Å²) in [5.74, 6) is 2.07. The molecule has 4 aromatic rings. The van der Waals surface area contributed by atoms with E-state index in [1.165, 1.54) is 10.6 Å². The first kappa shape index (κ1) is 31.3. The van der Waals surface area contributed by atoms with Gasteiger partial charge in [0.05, 0.1) is 31.2 Å². The molecule has 242 valence electrons. The molecule has 1 aliphatic heterocycles. The van der Waals surface area contributed by atoms with Crippen molar-refractivity contribution in [3.8, 4) is 17.3 Å². The van der Waals surface area contributed by atoms with Gasteiger partial charge in [-0.2, -0.15) is 0 Å². The number of ether oxygens (including phenoxy) is 2. The summed E-state index contributed by atoms with van der Waals surface area (Å²) in [7, 11) is -0.230. The van der Waals surface area contributed by atoms with Gasteiger partial charge in [-0.15, -0.1) is 0 Å². The van der Waals surface area contributed by atoms with Crippen LogP contribution in [0.2, 0.25) is 0 Å². The van der Waals surface area contributed by atoms with Gasteiger partial charge in [-0.05, 0) is 75.8 Å². The predicted octanol–water partition coefficient (Wildman–Crippen LogP) is 3.86. The van der Waals surface area contributed by atoms with Gasteiger partial charge in [-0.3, -0.25) is 9.10 Å². The van der Waals surface area contributed by atoms with E-state index in [1.807, 2.05) is 24.0 Å². The molecule has 2 aliphatic rings. The minimum absolute atomic E-state index is 0.0578. The summed E-state index contributed by atoms with van der Waals surface area (Å²) in [6, 6.07) is 9.25. The van der Waals surface area contributed by atoms with Crippen LogP contribution in [0, 0.1) is 5.92 Å². The normalized spacial score (nSPS) is 19.0. The maximum Gasteiger partial charge on any atom is 0.254 e. The number of nitrogens with zero attached hydrogens (tertiary/aromatic N) is 6. The Morgan fingerprint density at radius 2 is 1.89 bits per heavy atom. The van der Waals surface area contributed by atoms with Crippen LogP contribution >= 0.6 is 0 Å². The Hall–Kier alpha value is -3.68. The summed E-state index contributed by atoms with van der Waals surface area (Å²) in [6.07, 6.45) is 5.22. The van der Waals surface area contributed by atoms with Gasteiger partial charge >= 0.3 is 0 Å². The minimum Gasteiger partial charge on any atom is -0.494 e. The zero-order valence-corrected chi connectivity index (χ0v) is 27.5. The first-order valence-electron chi connectivity index (χ1n) is 15.7. The second-order valence-electron chi connectivity index (χ2n) is 12.3. The van der Waals surface area contributed by atoms with E-state index in [2.05, 4.69) is 15.2 Å². The molecule has 2 N–H and O–H groups in total. The van der Waals surface area contributed by atoms with Gasteiger partial charge in [-0.25, -0.2) is 18.4 Å². The number of nitrogens with two attached hydrogens (primary N) is 1. The largest absolute Gasteiger partial charge is 0.494 e. The maximum absolute atomic E-state index is 13.8. The highest BCUT2D eigenvalue weighted by molar-refractivity contribution is 7.92. The molecule has 2 atom stereocenters. The van der Waals surface area contributed by atoms with Crippen LogP contribution in [-0.2, 0) is 27.8 Å². The number of aromatic nitrogens is 4. The summed E-state index contributed by atoms with van der Waals surface area (Å²) in [4.78, 5) is 25.7. The number of sulfonamides is 1. The van der Waals surface area contributed by atoms with E-state index < -0.39 is 10.0 Å². The number of piperidine rings is 1. The Labute approximate surface area is 264 Å². The first-order chi connectivity index (χ1) is 21.5. The fourth-order valence-electron chi connectivity index (χ4n) is 6.48. The number of imidazole rings is 1. The smallest absolute Gasteiger partial charge is 0.254 e. The molecule has 0 bridgehead atoms. The Bertz CT molecular complexity index is 1850. The second kappa shape index (κ2) is 12.3. The molecule has 6 rings (SSSR count). The van der Waals surface area contributed by atoms with Gasteiger partial charge in [0.25, 0.3) is 5.91 Å². The Kier molecular flexibility index (Phi) is 8.53. The zero-order chi connectivity index (χ0) is 32.0. The Morgan fingerprint density at radius 3 is 2.56 bits per heavy atom. The third kappa shape index (κ3) is 5.88. The van der Waals surface area contributed by atoms with Crippen molar-refractivity contribution in [2.24, 2.45) is 11.7 Å². The van der Waals surface area contributed by atoms with Crippen LogP contribution in [0.25, 0.3) is 33.6 Å². The quantitative estimate of drug-likeness (QED) is 0.262. The lowest BCUT2D eigenvalue weighted by molar-refractivity contribution is 0.0604. The summed E-state index contributed by atoms with van der Waals surface area (Å²) in [5.41, 5.74) is 9.81. The fourth-order valence-corrected chi connectivity index (χ4v) is 7.39. The van der Waals surface area contributed by atoms with Crippen molar-refractivity contribution in [2.45, 2.75) is 64.7 Å². The lowest BCUT2D eigenvalue weighted by Gasteiger charge is -2.37. The number of benzene rings is 1. The van der Waals surface area contributed by atoms with Crippen molar-refractivity contribution >= 4 is 43.8 Å². The molecule has 0 unspecified atom stereocenters. The van der Waals surface area contributed by atoms with Crippen LogP contribution in [0.15, 0.2) is 30.3 Å². The van der Waals surface area contributed by atoms with Gasteiger partial charge in [0.1, 0.15) is 22.7 Å². The number of amides is 1. The summed E-state index contributed by atoms with van der Waals surface area (Å²) >= 11 is 0. The van der Waals surface area contributed by atoms with Gasteiger partial charge in [0.2, 0.25) is 10.0 Å². The highest BCUT2D eigenvalue weighted by atomic mass is 32.2. The average molecular weight is 638 g/mol. The van der Waals surface area contributed by atoms with Crippen molar-refractivity contribution in [1.29, 1.82) is 0 Å². The molecular formula is C32H43N7O5S. The highest BCUT2D eigenvalue weighted by Crippen LogP contribution is 2.39. The maximum atomic E-state index is 13.8. The number of fused-ring (bicyclic) bond motifs is 2. The topological polar surface area (TPSA) is 138 Å². The number of likely N-dealkylation sites (tertiary alicyclic amines) is 1. The van der Waals surface area contributed by atoms with E-state index >= 15 is 0 Å². The Morgan fingerprint density at radius 1 is 1.11 bits per heavy atom.